The number of carboxylic acids is 1. The third kappa shape index (κ3) is 1.63. The van der Waals surface area contributed by atoms with Crippen LogP contribution in [0, 0.1) is 6.92 Å². The van der Waals surface area contributed by atoms with Crippen LogP contribution in [-0.4, -0.2) is 27.9 Å². The van der Waals surface area contributed by atoms with Crippen molar-refractivity contribution in [3.05, 3.63) is 29.3 Å². The van der Waals surface area contributed by atoms with Gasteiger partial charge in [-0.2, -0.15) is 0 Å². The van der Waals surface area contributed by atoms with E-state index in [1.807, 2.05) is 13.0 Å². The molecular weight excluding hydrogens is 203 g/mol. The van der Waals surface area contributed by atoms with E-state index in [-0.39, 0.29) is 0 Å². The molecule has 0 bridgehead atoms. The van der Waals surface area contributed by atoms with Crippen molar-refractivity contribution in [1.82, 2.24) is 0 Å². The van der Waals surface area contributed by atoms with Crippen LogP contribution in [0.5, 0.6) is 0 Å². The molecule has 2 nitrogen and oxygen atoms in total. The van der Waals surface area contributed by atoms with Crippen molar-refractivity contribution in [2.24, 2.45) is 0 Å². The summed E-state index contributed by atoms with van der Waals surface area (Å²) in [5, 5.41) is 8.68. The van der Waals surface area contributed by atoms with Crippen LogP contribution in [0.25, 0.3) is 0 Å². The Kier molecular flexibility index (Phi) is 2.35. The fourth-order valence-electron chi connectivity index (χ4n) is 0.832. The van der Waals surface area contributed by atoms with Gasteiger partial charge in [0.25, 0.3) is 0 Å². The molecule has 1 rings (SSSR count). The van der Waals surface area contributed by atoms with E-state index in [0.717, 1.165) is 9.91 Å². The number of hydrogen-bond donors (Lipinski definition) is 1. The second-order valence-electron chi connectivity index (χ2n) is 2.28. The van der Waals surface area contributed by atoms with E-state index in [1.54, 1.807) is 12.1 Å². The Balaban J connectivity index is 3.27. The molecule has 0 aliphatic carbocycles. The quantitative estimate of drug-likeness (QED) is 0.685. The number of aromatic carboxylic acids is 1. The van der Waals surface area contributed by atoms with Crippen LogP contribution in [0.2, 0.25) is 0 Å². The van der Waals surface area contributed by atoms with Crippen molar-refractivity contribution in [1.29, 1.82) is 0 Å². The van der Waals surface area contributed by atoms with Crippen LogP contribution >= 0.6 is 0 Å². The number of carbonyl (C=O) groups is 1. The van der Waals surface area contributed by atoms with Gasteiger partial charge >= 0.3 is 73.3 Å². The van der Waals surface area contributed by atoms with Gasteiger partial charge in [-0.05, 0) is 0 Å². The molecule has 0 aromatic heterocycles. The fourth-order valence-corrected chi connectivity index (χ4v) is 1.34. The monoisotopic (exact) mass is 210 g/mol. The molecule has 0 aliphatic rings. The predicted molar refractivity (Wildman–Crippen MR) is 43.5 cm³/mol. The van der Waals surface area contributed by atoms with Gasteiger partial charge in [0.05, 0.1) is 0 Å². The van der Waals surface area contributed by atoms with E-state index >= 15 is 0 Å². The van der Waals surface area contributed by atoms with Gasteiger partial charge < -0.3 is 0 Å². The minimum atomic E-state index is -0.871. The summed E-state index contributed by atoms with van der Waals surface area (Å²) in [6, 6.07) is 5.23. The van der Waals surface area contributed by atoms with E-state index in [0.29, 0.717) is 5.56 Å². The zero-order chi connectivity index (χ0) is 8.43. The molecule has 1 aromatic carbocycles. The molecule has 0 atom stereocenters. The van der Waals surface area contributed by atoms with E-state index in [2.05, 4.69) is 16.9 Å². The van der Waals surface area contributed by atoms with Gasteiger partial charge in [-0.3, -0.25) is 0 Å². The van der Waals surface area contributed by atoms with Gasteiger partial charge in [0.1, 0.15) is 0 Å². The Labute approximate surface area is 73.7 Å². The Hall–Kier alpha value is -0.752. The third-order valence-corrected chi connectivity index (χ3v) is 2.71. The molecule has 0 unspecified atom stereocenters. The molecule has 0 saturated carbocycles. The molecule has 0 heterocycles. The third-order valence-electron chi connectivity index (χ3n) is 1.47. The van der Waals surface area contributed by atoms with Crippen molar-refractivity contribution < 1.29 is 9.90 Å². The minimum absolute atomic E-state index is 0.366. The second-order valence-corrected chi connectivity index (χ2v) is 3.21. The van der Waals surface area contributed by atoms with E-state index in [9.17, 15) is 4.79 Å². The molecule has 2 radical (unpaired) electrons. The zero-order valence-corrected chi connectivity index (χ0v) is 7.91. The maximum atomic E-state index is 10.6. The molecule has 3 heteroatoms. The van der Waals surface area contributed by atoms with Crippen LogP contribution < -0.4 is 4.35 Å². The molecule has 0 fully saturated rings. The van der Waals surface area contributed by atoms with Crippen LogP contribution in [0.1, 0.15) is 15.9 Å². The number of benzene rings is 1. The summed E-state index contributed by atoms with van der Waals surface area (Å²) in [4.78, 5) is 10.6. The first kappa shape index (κ1) is 8.35. The number of aryl methyl sites for hydroxylation is 1. The summed E-state index contributed by atoms with van der Waals surface area (Å²) in [5.41, 5.74) is 1.36. The first-order valence-electron chi connectivity index (χ1n) is 3.15. The Morgan fingerprint density at radius 1 is 1.55 bits per heavy atom. The predicted octanol–water partition coefficient (Wildman–Crippen LogP) is 0.487. The topological polar surface area (TPSA) is 37.3 Å². The molecule has 0 aliphatic heterocycles. The molecule has 56 valence electrons. The maximum absolute atomic E-state index is 10.6. The van der Waals surface area contributed by atoms with Crippen LogP contribution in [0.3, 0.4) is 0 Å². The average molecular weight is 210 g/mol. The Morgan fingerprint density at radius 2 is 2.18 bits per heavy atom. The Morgan fingerprint density at radius 3 is 2.64 bits per heavy atom. The first-order valence-corrected chi connectivity index (χ1v) is 4.08. The van der Waals surface area contributed by atoms with Gasteiger partial charge in [-0.1, -0.05) is 0 Å². The summed E-state index contributed by atoms with van der Waals surface area (Å²) in [6.07, 6.45) is 0. The number of carboxylic acid groups (broad SMARTS) is 1. The number of rotatable bonds is 1. The van der Waals surface area contributed by atoms with Gasteiger partial charge in [-0.15, -0.1) is 0 Å². The summed E-state index contributed by atoms with van der Waals surface area (Å²) in [6.45, 7) is 1.89. The van der Waals surface area contributed by atoms with Gasteiger partial charge in [-0.25, -0.2) is 0 Å². The van der Waals surface area contributed by atoms with Gasteiger partial charge in [0, 0.05) is 0 Å². The van der Waals surface area contributed by atoms with Crippen LogP contribution in [-0.2, 0) is 0 Å². The SMILES string of the molecule is Cc1cccc(C(=O)O)c1[As]. The summed E-state index contributed by atoms with van der Waals surface area (Å²) in [5.74, 6) is -0.871. The van der Waals surface area contributed by atoms with E-state index in [4.69, 9.17) is 5.11 Å². The summed E-state index contributed by atoms with van der Waals surface area (Å²) >= 11 is 2.28. The number of hydrogen-bond acceptors (Lipinski definition) is 1. The summed E-state index contributed by atoms with van der Waals surface area (Å²) < 4.78 is 0.785. The molecule has 0 amide bonds. The standard InChI is InChI=1S/C8H7AsO2/c1-5-3-2-4-6(7(5)9)8(10)11/h2-4H,1H3,(H,10,11). The van der Waals surface area contributed by atoms with Gasteiger partial charge in [0.2, 0.25) is 0 Å². The zero-order valence-electron chi connectivity index (χ0n) is 6.03. The molecule has 1 N–H and O–H groups in total. The first-order chi connectivity index (χ1) is 5.13. The van der Waals surface area contributed by atoms with E-state index in [1.165, 1.54) is 0 Å². The van der Waals surface area contributed by atoms with Crippen molar-refractivity contribution in [3.8, 4) is 0 Å². The average Bonchev–Trinajstić information content (AvgIpc) is 1.94. The van der Waals surface area contributed by atoms with Crippen molar-refractivity contribution in [2.75, 3.05) is 0 Å². The van der Waals surface area contributed by atoms with Crippen molar-refractivity contribution in [3.63, 3.8) is 0 Å². The fraction of sp³-hybridized carbons (Fsp3) is 0.125. The van der Waals surface area contributed by atoms with E-state index < -0.39 is 5.97 Å². The van der Waals surface area contributed by atoms with Crippen molar-refractivity contribution >= 4 is 27.2 Å². The second kappa shape index (κ2) is 3.10. The summed E-state index contributed by atoms with van der Waals surface area (Å²) in [7, 11) is 0. The van der Waals surface area contributed by atoms with Gasteiger partial charge in [0.15, 0.2) is 0 Å². The molecule has 0 spiro atoms. The Bertz CT molecular complexity index is 294. The van der Waals surface area contributed by atoms with Crippen molar-refractivity contribution in [2.45, 2.75) is 6.92 Å². The molecule has 11 heavy (non-hydrogen) atoms. The molecule has 0 saturated heterocycles. The van der Waals surface area contributed by atoms with Crippen LogP contribution in [0.4, 0.5) is 0 Å². The molecular formula is C8H7AsO2. The molecule has 1 aromatic rings. The van der Waals surface area contributed by atoms with Crippen LogP contribution in [0.15, 0.2) is 18.2 Å². The normalized spacial score (nSPS) is 9.64.